The summed E-state index contributed by atoms with van der Waals surface area (Å²) < 4.78 is 85.9. The normalized spacial score (nSPS) is 34.6. The van der Waals surface area contributed by atoms with Gasteiger partial charge in [0, 0.05) is 71.0 Å². The molecule has 19 atom stereocenters. The summed E-state index contributed by atoms with van der Waals surface area (Å²) in [6.07, 6.45) is -28.5. The molecule has 3 aliphatic heterocycles. The van der Waals surface area contributed by atoms with E-state index in [1.165, 1.54) is 0 Å². The number of rotatable bonds is 21. The predicted octanol–water partition coefficient (Wildman–Crippen LogP) is 3.62. The molecule has 3 heterocycles. The molecule has 0 spiro atoms. The van der Waals surface area contributed by atoms with E-state index in [4.69, 9.17) is 67.9 Å². The first-order valence-corrected chi connectivity index (χ1v) is 21.1. The van der Waals surface area contributed by atoms with Crippen LogP contribution in [0, 0.1) is 0 Å². The maximum Gasteiger partial charge on any atom is 0.303 e. The Labute approximate surface area is 402 Å². The molecule has 4 aliphatic rings. The second-order valence-corrected chi connectivity index (χ2v) is 15.5. The maximum atomic E-state index is 16.4. The molecular weight excluding hydrogens is 979 g/mol. The number of hydrogen-bond donors (Lipinski definition) is 0. The van der Waals surface area contributed by atoms with Crippen LogP contribution < -0.4 is 0 Å². The van der Waals surface area contributed by atoms with E-state index >= 15 is 4.39 Å². The van der Waals surface area contributed by atoms with Gasteiger partial charge in [0.15, 0.2) is 49.5 Å². The van der Waals surface area contributed by atoms with Crippen molar-refractivity contribution in [3.63, 3.8) is 0 Å². The summed E-state index contributed by atoms with van der Waals surface area (Å²) in [6.45, 7) is 3.65. The minimum atomic E-state index is -2.46. The van der Waals surface area contributed by atoms with Crippen molar-refractivity contribution >= 4 is 35.8 Å². The van der Waals surface area contributed by atoms with Crippen LogP contribution in [0.5, 0.6) is 0 Å². The molecule has 19 unspecified atom stereocenters. The van der Waals surface area contributed by atoms with E-state index in [-0.39, 0.29) is 0 Å². The summed E-state index contributed by atoms with van der Waals surface area (Å²) in [7, 11) is 0. The van der Waals surface area contributed by atoms with Crippen molar-refractivity contribution in [3.05, 3.63) is 62.7 Å². The molecule has 3 saturated heterocycles. The monoisotopic (exact) mass is 1020 g/mol. The molecule has 37 heteroatoms. The summed E-state index contributed by atoms with van der Waals surface area (Å²) in [4.78, 5) is 91.0. The van der Waals surface area contributed by atoms with Crippen LogP contribution in [0.3, 0.4) is 0 Å². The van der Waals surface area contributed by atoms with Crippen molar-refractivity contribution in [2.45, 2.75) is 164 Å². The molecule has 1 saturated carbocycles. The van der Waals surface area contributed by atoms with Crippen molar-refractivity contribution in [1.82, 2.24) is 0 Å². The maximum absolute atomic E-state index is 16.4. The first-order valence-electron chi connectivity index (χ1n) is 21.1. The van der Waals surface area contributed by atoms with E-state index in [1.54, 1.807) is 0 Å². The molecule has 1 aliphatic carbocycles. The van der Waals surface area contributed by atoms with Gasteiger partial charge < -0.3 is 56.8 Å². The van der Waals surface area contributed by atoms with Crippen LogP contribution in [-0.4, -0.2) is 172 Å². The summed E-state index contributed by atoms with van der Waals surface area (Å²) in [5.41, 5.74) is 56.8. The zero-order valence-electron chi connectivity index (χ0n) is 38.6. The Bertz CT molecular complexity index is 2320. The van der Waals surface area contributed by atoms with E-state index in [0.29, 0.717) is 0 Å². The summed E-state index contributed by atoms with van der Waals surface area (Å²) in [5.74, 6) is -5.97. The summed E-state index contributed by atoms with van der Waals surface area (Å²) in [6, 6.07) is -6.95. The number of hydrogen-bond acceptors (Lipinski definition) is 24. The van der Waals surface area contributed by atoms with Gasteiger partial charge in [0.25, 0.3) is 0 Å². The minimum Gasteiger partial charge on any atom is -0.463 e. The fourth-order valence-electron chi connectivity index (χ4n) is 8.12. The largest absolute Gasteiger partial charge is 0.463 e. The number of alkyl halides is 1. The molecule has 4 fully saturated rings. The summed E-state index contributed by atoms with van der Waals surface area (Å²) in [5, 5.41) is 21.4. The first kappa shape index (κ1) is 57.0. The van der Waals surface area contributed by atoms with Gasteiger partial charge in [-0.1, -0.05) is 30.7 Å². The zero-order valence-corrected chi connectivity index (χ0v) is 38.6. The van der Waals surface area contributed by atoms with Crippen molar-refractivity contribution < 1.29 is 90.0 Å². The molecule has 0 aromatic carbocycles. The zero-order chi connectivity index (χ0) is 53.2. The lowest BCUT2D eigenvalue weighted by atomic mass is 9.83. The highest BCUT2D eigenvalue weighted by Gasteiger charge is 2.59. The first-order chi connectivity index (χ1) is 34.3. The number of nitrogens with zero attached hydrogens (tertiary/aromatic N) is 18. The second kappa shape index (κ2) is 27.1. The van der Waals surface area contributed by atoms with Gasteiger partial charge in [0.1, 0.15) is 55.3 Å². The number of carbonyl (C=O) groups is 6. The molecule has 0 aromatic heterocycles. The molecule has 390 valence electrons. The van der Waals surface area contributed by atoms with Gasteiger partial charge in [-0.2, -0.15) is 0 Å². The van der Waals surface area contributed by atoms with Crippen molar-refractivity contribution in [1.29, 1.82) is 0 Å². The van der Waals surface area contributed by atoms with Crippen molar-refractivity contribution in [3.8, 4) is 0 Å². The fourth-order valence-corrected chi connectivity index (χ4v) is 8.12. The molecule has 4 rings (SSSR count). The van der Waals surface area contributed by atoms with Crippen molar-refractivity contribution in [2.75, 3.05) is 19.7 Å². The van der Waals surface area contributed by atoms with Crippen LogP contribution in [0.1, 0.15) is 48.0 Å². The van der Waals surface area contributed by atoms with Crippen LogP contribution in [0.2, 0.25) is 0 Å². The Morgan fingerprint density at radius 1 is 0.458 bits per heavy atom. The second-order valence-electron chi connectivity index (χ2n) is 15.5. The molecule has 0 bridgehead atoms. The lowest BCUT2D eigenvalue weighted by Gasteiger charge is -2.47. The fraction of sp³-hybridized carbons (Fsp3) is 0.829. The molecule has 72 heavy (non-hydrogen) atoms. The van der Waals surface area contributed by atoms with Crippen LogP contribution in [0.15, 0.2) is 30.7 Å². The molecule has 36 nitrogen and oxygen atoms in total. The Morgan fingerprint density at radius 2 is 0.875 bits per heavy atom. The summed E-state index contributed by atoms with van der Waals surface area (Å²) >= 11 is 0. The third-order valence-corrected chi connectivity index (χ3v) is 10.6. The van der Waals surface area contributed by atoms with Gasteiger partial charge in [-0.05, 0) is 39.6 Å². The Morgan fingerprint density at radius 3 is 1.39 bits per heavy atom. The van der Waals surface area contributed by atoms with E-state index in [9.17, 15) is 50.9 Å². The van der Waals surface area contributed by atoms with Gasteiger partial charge in [-0.25, -0.2) is 4.39 Å². The Hall–Kier alpha value is -7.63. The smallest absolute Gasteiger partial charge is 0.303 e. The average molecular weight is 1020 g/mol. The van der Waals surface area contributed by atoms with Gasteiger partial charge in [-0.15, -0.1) is 0 Å². The van der Waals surface area contributed by atoms with E-state index in [2.05, 4.69) is 60.2 Å². The lowest BCUT2D eigenvalue weighted by Crippen LogP contribution is -2.64. The van der Waals surface area contributed by atoms with E-state index < -0.39 is 178 Å². The molecule has 0 aromatic rings. The Kier molecular flexibility index (Phi) is 21.4. The van der Waals surface area contributed by atoms with E-state index in [0.717, 1.165) is 41.5 Å². The third-order valence-electron chi connectivity index (χ3n) is 10.6. The number of halogens is 1. The van der Waals surface area contributed by atoms with Crippen LogP contribution in [-0.2, 0) is 85.6 Å². The molecular formula is C35H45FN18O18. The highest BCUT2D eigenvalue weighted by Crippen LogP contribution is 2.41. The number of carbonyl (C=O) groups excluding carboxylic acids is 6. The van der Waals surface area contributed by atoms with Gasteiger partial charge in [0.05, 0.1) is 31.3 Å². The lowest BCUT2D eigenvalue weighted by molar-refractivity contribution is -0.304. The predicted molar refractivity (Wildman–Crippen MR) is 224 cm³/mol. The van der Waals surface area contributed by atoms with E-state index in [1.807, 2.05) is 0 Å². The molecule has 0 amide bonds. The highest BCUT2D eigenvalue weighted by molar-refractivity contribution is 5.68. The minimum absolute atomic E-state index is 0.513. The number of azide groups is 6. The quantitative estimate of drug-likeness (QED) is 0.0521. The van der Waals surface area contributed by atoms with Crippen LogP contribution in [0.4, 0.5) is 4.39 Å². The number of esters is 6. The van der Waals surface area contributed by atoms with Crippen LogP contribution in [0.25, 0.3) is 62.7 Å². The highest BCUT2D eigenvalue weighted by atomic mass is 19.1. The molecule has 0 radical (unpaired) electrons. The van der Waals surface area contributed by atoms with Crippen LogP contribution >= 0.6 is 0 Å². The average Bonchev–Trinajstić information content (AvgIpc) is 3.61. The Balaban J connectivity index is 1.92. The van der Waals surface area contributed by atoms with Gasteiger partial charge >= 0.3 is 35.8 Å². The topological polar surface area (TPSA) is 506 Å². The van der Waals surface area contributed by atoms with Gasteiger partial charge in [0.2, 0.25) is 0 Å². The molecule has 0 N–H and O–H groups in total. The number of ether oxygens (including phenoxy) is 12. The SMILES string of the molecule is CC(=O)OCC1OC(OC2C(OC(C)=O)C(N=[N+]=[N-])CC(N=[N+]=[N-])C2OC2OC(CN=[N+]=[N-])C(OC(C)=O)C(F)C2N=[N+]=[N-])C(OC(C)=O)C1OC1OC(CN=[N+]=[N-])C(OC(C)=O)C(OC(C)=O)C1N=[N+]=[N-]. The standard InChI is InChI=1S/C35H45FN18O18/c1-11(55)61-10-21-29(71-34-24(48-54-42)30(65-15(5)59)28(64-14(4)58)20(68-34)9-44-50-38)32(66-16(6)60)35(69-21)72-31-25(62-12(2)56)17(45-51-39)7-18(46-52-40)26(31)70-33-23(47-53-41)22(36)27(63-13(3)57)19(67-33)8-43-49-37/h17-35H,7-10H2,1-6H3. The third kappa shape index (κ3) is 14.9. The van der Waals surface area contributed by atoms with Crippen molar-refractivity contribution in [2.24, 2.45) is 30.7 Å². The van der Waals surface area contributed by atoms with Gasteiger partial charge in [-0.3, -0.25) is 28.8 Å².